The Bertz CT molecular complexity index is 807. The van der Waals surface area contributed by atoms with E-state index >= 15 is 0 Å². The first-order chi connectivity index (χ1) is 10.9. The van der Waals surface area contributed by atoms with Gasteiger partial charge in [-0.1, -0.05) is 15.9 Å². The van der Waals surface area contributed by atoms with Crippen molar-refractivity contribution in [2.24, 2.45) is 0 Å². The maximum absolute atomic E-state index is 12.4. The Morgan fingerprint density at radius 2 is 2.04 bits per heavy atom. The summed E-state index contributed by atoms with van der Waals surface area (Å²) in [4.78, 5) is 25.2. The number of aryl methyl sites for hydroxylation is 1. The van der Waals surface area contributed by atoms with Gasteiger partial charge < -0.3 is 10.6 Å². The quantitative estimate of drug-likeness (QED) is 0.796. The molecule has 0 spiro atoms. The fourth-order valence-electron chi connectivity index (χ4n) is 2.31. The van der Waals surface area contributed by atoms with E-state index < -0.39 is 0 Å². The molecule has 1 unspecified atom stereocenters. The second-order valence-electron chi connectivity index (χ2n) is 5.37. The number of nitrogens with one attached hydrogen (secondary N) is 2. The van der Waals surface area contributed by atoms with Gasteiger partial charge in [-0.25, -0.2) is 0 Å². The van der Waals surface area contributed by atoms with Crippen LogP contribution in [0.1, 0.15) is 22.8 Å². The Morgan fingerprint density at radius 3 is 2.78 bits per heavy atom. The van der Waals surface area contributed by atoms with Crippen molar-refractivity contribution in [1.82, 2.24) is 0 Å². The predicted octanol–water partition coefficient (Wildman–Crippen LogP) is 4.44. The van der Waals surface area contributed by atoms with Crippen molar-refractivity contribution in [3.63, 3.8) is 0 Å². The minimum Gasteiger partial charge on any atom is -0.324 e. The van der Waals surface area contributed by atoms with Crippen molar-refractivity contribution in [2.75, 3.05) is 10.6 Å². The average molecular weight is 391 g/mol. The molecule has 0 saturated carbocycles. The van der Waals surface area contributed by atoms with Crippen LogP contribution in [-0.2, 0) is 4.79 Å². The van der Waals surface area contributed by atoms with Crippen molar-refractivity contribution in [3.8, 4) is 0 Å². The van der Waals surface area contributed by atoms with Crippen LogP contribution >= 0.6 is 27.7 Å². The first kappa shape index (κ1) is 16.1. The van der Waals surface area contributed by atoms with E-state index in [0.29, 0.717) is 11.3 Å². The molecule has 2 N–H and O–H groups in total. The number of halogens is 1. The minimum absolute atomic E-state index is 0.0381. The Morgan fingerprint density at radius 1 is 1.26 bits per heavy atom. The van der Waals surface area contributed by atoms with E-state index in [-0.39, 0.29) is 17.1 Å². The molecule has 6 heteroatoms. The molecule has 2 aromatic rings. The van der Waals surface area contributed by atoms with Gasteiger partial charge in [-0.2, -0.15) is 0 Å². The zero-order chi connectivity index (χ0) is 16.6. The topological polar surface area (TPSA) is 58.2 Å². The molecule has 3 rings (SSSR count). The summed E-state index contributed by atoms with van der Waals surface area (Å²) in [5, 5.41) is 5.62. The van der Waals surface area contributed by atoms with E-state index in [1.807, 2.05) is 38.1 Å². The summed E-state index contributed by atoms with van der Waals surface area (Å²) in [6.07, 6.45) is 0. The first-order valence-electron chi connectivity index (χ1n) is 7.13. The van der Waals surface area contributed by atoms with Crippen molar-refractivity contribution in [2.45, 2.75) is 24.0 Å². The van der Waals surface area contributed by atoms with Crippen molar-refractivity contribution in [3.05, 3.63) is 52.0 Å². The summed E-state index contributed by atoms with van der Waals surface area (Å²) in [5.41, 5.74) is 2.95. The number of benzene rings is 2. The van der Waals surface area contributed by atoms with Gasteiger partial charge in [0.25, 0.3) is 5.91 Å². The highest BCUT2D eigenvalue weighted by Gasteiger charge is 2.23. The van der Waals surface area contributed by atoms with Gasteiger partial charge in [0.1, 0.15) is 0 Å². The van der Waals surface area contributed by atoms with Gasteiger partial charge in [0.15, 0.2) is 0 Å². The normalized spacial score (nSPS) is 16.5. The second kappa shape index (κ2) is 6.37. The van der Waals surface area contributed by atoms with E-state index in [2.05, 4.69) is 26.6 Å². The SMILES string of the molecule is Cc1cc(Br)ccc1NC(=O)c1ccc2c(c1)NC(=O)C(C)S2. The Labute approximate surface area is 147 Å². The number of carbonyl (C=O) groups is 2. The Balaban J connectivity index is 1.83. The van der Waals surface area contributed by atoms with Crippen LogP contribution in [0.4, 0.5) is 11.4 Å². The van der Waals surface area contributed by atoms with Crippen LogP contribution in [-0.4, -0.2) is 17.1 Å². The van der Waals surface area contributed by atoms with Crippen molar-refractivity contribution < 1.29 is 9.59 Å². The Kier molecular flexibility index (Phi) is 4.46. The molecule has 0 aromatic heterocycles. The van der Waals surface area contributed by atoms with E-state index in [1.54, 1.807) is 12.1 Å². The lowest BCUT2D eigenvalue weighted by atomic mass is 10.1. The molecule has 118 valence electrons. The fraction of sp³-hybridized carbons (Fsp3) is 0.176. The molecule has 1 heterocycles. The zero-order valence-corrected chi connectivity index (χ0v) is 15.0. The predicted molar refractivity (Wildman–Crippen MR) is 97.2 cm³/mol. The Hall–Kier alpha value is -1.79. The van der Waals surface area contributed by atoms with Crippen molar-refractivity contribution in [1.29, 1.82) is 0 Å². The van der Waals surface area contributed by atoms with Crippen LogP contribution in [0.25, 0.3) is 0 Å². The molecule has 1 aliphatic rings. The largest absolute Gasteiger partial charge is 0.324 e. The number of fused-ring (bicyclic) bond motifs is 1. The van der Waals surface area contributed by atoms with Crippen LogP contribution in [0.5, 0.6) is 0 Å². The van der Waals surface area contributed by atoms with Gasteiger partial charge in [-0.15, -0.1) is 11.8 Å². The molecule has 23 heavy (non-hydrogen) atoms. The number of amides is 2. The lowest BCUT2D eigenvalue weighted by molar-refractivity contribution is -0.115. The van der Waals surface area contributed by atoms with Crippen LogP contribution < -0.4 is 10.6 Å². The number of thioether (sulfide) groups is 1. The number of hydrogen-bond donors (Lipinski definition) is 2. The number of anilines is 2. The van der Waals surface area contributed by atoms with Crippen LogP contribution in [0.15, 0.2) is 45.8 Å². The lowest BCUT2D eigenvalue weighted by Gasteiger charge is -2.21. The molecule has 2 aromatic carbocycles. The maximum Gasteiger partial charge on any atom is 0.255 e. The van der Waals surface area contributed by atoms with Gasteiger partial charge in [-0.05, 0) is 55.8 Å². The molecule has 0 aliphatic carbocycles. The monoisotopic (exact) mass is 390 g/mol. The van der Waals surface area contributed by atoms with Crippen LogP contribution in [0, 0.1) is 6.92 Å². The van der Waals surface area contributed by atoms with E-state index in [9.17, 15) is 9.59 Å². The smallest absolute Gasteiger partial charge is 0.255 e. The third-order valence-corrected chi connectivity index (χ3v) is 5.28. The molecule has 0 fully saturated rings. The van der Waals surface area contributed by atoms with E-state index in [1.165, 1.54) is 11.8 Å². The average Bonchev–Trinajstić information content (AvgIpc) is 2.50. The third kappa shape index (κ3) is 3.43. The van der Waals surface area contributed by atoms with Gasteiger partial charge in [0.2, 0.25) is 5.91 Å². The second-order valence-corrected chi connectivity index (χ2v) is 7.67. The summed E-state index contributed by atoms with van der Waals surface area (Å²) in [6, 6.07) is 11.1. The minimum atomic E-state index is -0.198. The molecule has 4 nitrogen and oxygen atoms in total. The summed E-state index contributed by atoms with van der Waals surface area (Å²) in [7, 11) is 0. The zero-order valence-electron chi connectivity index (χ0n) is 12.6. The summed E-state index contributed by atoms with van der Waals surface area (Å²) < 4.78 is 0.968. The third-order valence-electron chi connectivity index (χ3n) is 3.61. The highest BCUT2D eigenvalue weighted by Crippen LogP contribution is 2.36. The highest BCUT2D eigenvalue weighted by molar-refractivity contribution is 9.10. The first-order valence-corrected chi connectivity index (χ1v) is 8.80. The van der Waals surface area contributed by atoms with Gasteiger partial charge in [-0.3, -0.25) is 9.59 Å². The van der Waals surface area contributed by atoms with E-state index in [0.717, 1.165) is 20.6 Å². The number of rotatable bonds is 2. The summed E-state index contributed by atoms with van der Waals surface area (Å²) in [6.45, 7) is 3.80. The maximum atomic E-state index is 12.4. The molecule has 1 aliphatic heterocycles. The molecule has 0 radical (unpaired) electrons. The van der Waals surface area contributed by atoms with Gasteiger partial charge in [0, 0.05) is 20.6 Å². The highest BCUT2D eigenvalue weighted by atomic mass is 79.9. The van der Waals surface area contributed by atoms with E-state index in [4.69, 9.17) is 0 Å². The molecule has 2 amide bonds. The van der Waals surface area contributed by atoms with Crippen LogP contribution in [0.2, 0.25) is 0 Å². The molecule has 0 bridgehead atoms. The van der Waals surface area contributed by atoms with Crippen molar-refractivity contribution >= 4 is 50.9 Å². The lowest BCUT2D eigenvalue weighted by Crippen LogP contribution is -2.26. The fourth-order valence-corrected chi connectivity index (χ4v) is 3.72. The van der Waals surface area contributed by atoms with Gasteiger partial charge in [0.05, 0.1) is 10.9 Å². The number of carbonyl (C=O) groups excluding carboxylic acids is 2. The number of hydrogen-bond acceptors (Lipinski definition) is 3. The molecular formula is C17H15BrN2O2S. The standard InChI is InChI=1S/C17H15BrN2O2S/c1-9-7-12(18)4-5-13(9)19-17(22)11-3-6-15-14(8-11)20-16(21)10(2)23-15/h3-8,10H,1-2H3,(H,19,22)(H,20,21). The van der Waals surface area contributed by atoms with Gasteiger partial charge >= 0.3 is 0 Å². The summed E-state index contributed by atoms with van der Waals surface area (Å²) >= 11 is 4.90. The molecule has 0 saturated heterocycles. The van der Waals surface area contributed by atoms with Crippen LogP contribution in [0.3, 0.4) is 0 Å². The molecule has 1 atom stereocenters. The molecular weight excluding hydrogens is 376 g/mol. The summed E-state index contributed by atoms with van der Waals surface area (Å²) in [5.74, 6) is -0.236.